The lowest BCUT2D eigenvalue weighted by Crippen LogP contribution is -2.31. The van der Waals surface area contributed by atoms with Gasteiger partial charge in [-0.2, -0.15) is 0 Å². The molecule has 0 saturated carbocycles. The summed E-state index contributed by atoms with van der Waals surface area (Å²) in [6, 6.07) is 6.15. The van der Waals surface area contributed by atoms with Crippen LogP contribution in [0.15, 0.2) is 18.2 Å². The number of phenolic OH excluding ortho intramolecular Hbond substituents is 1. The van der Waals surface area contributed by atoms with E-state index in [2.05, 4.69) is 32.6 Å². The van der Waals surface area contributed by atoms with Crippen LogP contribution < -0.4 is 4.74 Å². The molecule has 1 atom stereocenters. The maximum Gasteiger partial charge on any atom is 0.123 e. The van der Waals surface area contributed by atoms with Crippen molar-refractivity contribution in [3.05, 3.63) is 23.8 Å². The quantitative estimate of drug-likeness (QED) is 0.776. The lowest BCUT2D eigenvalue weighted by molar-refractivity contribution is 0.203. The number of aromatic hydroxyl groups is 1. The van der Waals surface area contributed by atoms with Crippen LogP contribution in [0.5, 0.6) is 11.5 Å². The number of rotatable bonds is 8. The lowest BCUT2D eigenvalue weighted by Gasteiger charge is -2.27. The maximum absolute atomic E-state index is 10.1. The summed E-state index contributed by atoms with van der Waals surface area (Å²) >= 11 is 0. The molecule has 0 aliphatic carbocycles. The van der Waals surface area contributed by atoms with Gasteiger partial charge in [-0.1, -0.05) is 26.8 Å². The molecule has 1 unspecified atom stereocenters. The maximum atomic E-state index is 10.1. The minimum atomic E-state index is 0.329. The van der Waals surface area contributed by atoms with E-state index in [1.807, 2.05) is 12.1 Å². The first-order chi connectivity index (χ1) is 9.12. The molecule has 0 aliphatic heterocycles. The second kappa shape index (κ2) is 8.05. The van der Waals surface area contributed by atoms with Gasteiger partial charge in [0.2, 0.25) is 0 Å². The van der Waals surface area contributed by atoms with E-state index in [-0.39, 0.29) is 0 Å². The molecule has 0 bridgehead atoms. The Bertz CT molecular complexity index is 379. The van der Waals surface area contributed by atoms with Crippen LogP contribution in [0.3, 0.4) is 0 Å². The fraction of sp³-hybridized carbons (Fsp3) is 0.625. The Balaban J connectivity index is 2.73. The summed E-state index contributed by atoms with van der Waals surface area (Å²) in [6.07, 6.45) is 2.09. The topological polar surface area (TPSA) is 32.7 Å². The van der Waals surface area contributed by atoms with Crippen molar-refractivity contribution in [2.45, 2.75) is 53.1 Å². The third kappa shape index (κ3) is 4.75. The molecule has 19 heavy (non-hydrogen) atoms. The molecule has 0 heterocycles. The van der Waals surface area contributed by atoms with Gasteiger partial charge in [0.25, 0.3) is 0 Å². The molecular formula is C16H27NO2. The SMILES string of the molecule is CCCOc1ccc(CN(CC)C(C)CC)c(O)c1. The first kappa shape index (κ1) is 15.8. The van der Waals surface area contributed by atoms with Gasteiger partial charge in [0.05, 0.1) is 6.61 Å². The summed E-state index contributed by atoms with van der Waals surface area (Å²) in [4.78, 5) is 2.36. The smallest absolute Gasteiger partial charge is 0.123 e. The van der Waals surface area contributed by atoms with E-state index >= 15 is 0 Å². The van der Waals surface area contributed by atoms with Gasteiger partial charge in [0.15, 0.2) is 0 Å². The van der Waals surface area contributed by atoms with Gasteiger partial charge in [-0.15, -0.1) is 0 Å². The summed E-state index contributed by atoms with van der Waals surface area (Å²) in [5.41, 5.74) is 0.964. The van der Waals surface area contributed by atoms with E-state index in [1.165, 1.54) is 0 Å². The van der Waals surface area contributed by atoms with E-state index in [1.54, 1.807) is 6.07 Å². The molecule has 1 rings (SSSR count). The Morgan fingerprint density at radius 2 is 2.00 bits per heavy atom. The molecular weight excluding hydrogens is 238 g/mol. The normalized spacial score (nSPS) is 12.7. The van der Waals surface area contributed by atoms with Crippen LogP contribution in [0, 0.1) is 0 Å². The molecule has 0 spiro atoms. The lowest BCUT2D eigenvalue weighted by atomic mass is 10.1. The Hall–Kier alpha value is -1.22. The summed E-state index contributed by atoms with van der Waals surface area (Å²) in [7, 11) is 0. The molecule has 3 heteroatoms. The van der Waals surface area contributed by atoms with Gasteiger partial charge >= 0.3 is 0 Å². The highest BCUT2D eigenvalue weighted by Crippen LogP contribution is 2.25. The predicted octanol–water partition coefficient (Wildman–Crippen LogP) is 3.80. The number of benzene rings is 1. The Kier molecular flexibility index (Phi) is 6.71. The van der Waals surface area contributed by atoms with Crippen molar-refractivity contribution < 1.29 is 9.84 Å². The standard InChI is InChI=1S/C16H27NO2/c1-5-10-19-15-9-8-14(16(18)11-15)12-17(7-3)13(4)6-2/h8-9,11,13,18H,5-7,10,12H2,1-4H3. The van der Waals surface area contributed by atoms with Gasteiger partial charge in [-0.3, -0.25) is 4.90 Å². The zero-order valence-corrected chi connectivity index (χ0v) is 12.6. The Morgan fingerprint density at radius 1 is 1.26 bits per heavy atom. The van der Waals surface area contributed by atoms with Crippen LogP contribution in [-0.4, -0.2) is 29.2 Å². The minimum Gasteiger partial charge on any atom is -0.507 e. The van der Waals surface area contributed by atoms with Crippen molar-refractivity contribution in [3.8, 4) is 11.5 Å². The average molecular weight is 265 g/mol. The molecule has 3 nitrogen and oxygen atoms in total. The van der Waals surface area contributed by atoms with E-state index in [0.29, 0.717) is 18.4 Å². The highest BCUT2D eigenvalue weighted by atomic mass is 16.5. The van der Waals surface area contributed by atoms with Crippen molar-refractivity contribution in [1.82, 2.24) is 4.90 Å². The van der Waals surface area contributed by atoms with Crippen LogP contribution in [0.2, 0.25) is 0 Å². The van der Waals surface area contributed by atoms with E-state index < -0.39 is 0 Å². The number of hydrogen-bond donors (Lipinski definition) is 1. The molecule has 0 fully saturated rings. The number of hydrogen-bond acceptors (Lipinski definition) is 3. The number of ether oxygens (including phenoxy) is 1. The Labute approximate surface area is 117 Å². The number of nitrogens with zero attached hydrogens (tertiary/aromatic N) is 1. The molecule has 0 radical (unpaired) electrons. The van der Waals surface area contributed by atoms with Gasteiger partial charge in [0, 0.05) is 24.2 Å². The minimum absolute atomic E-state index is 0.329. The molecule has 1 aromatic carbocycles. The van der Waals surface area contributed by atoms with Crippen molar-refractivity contribution in [2.75, 3.05) is 13.2 Å². The third-order valence-electron chi connectivity index (χ3n) is 3.52. The highest BCUT2D eigenvalue weighted by molar-refractivity contribution is 5.39. The first-order valence-electron chi connectivity index (χ1n) is 7.31. The summed E-state index contributed by atoms with van der Waals surface area (Å²) < 4.78 is 5.52. The molecule has 0 aromatic heterocycles. The highest BCUT2D eigenvalue weighted by Gasteiger charge is 2.13. The second-order valence-corrected chi connectivity index (χ2v) is 4.96. The van der Waals surface area contributed by atoms with E-state index in [0.717, 1.165) is 37.2 Å². The van der Waals surface area contributed by atoms with Crippen LogP contribution >= 0.6 is 0 Å². The zero-order valence-electron chi connectivity index (χ0n) is 12.6. The first-order valence-corrected chi connectivity index (χ1v) is 7.31. The van der Waals surface area contributed by atoms with Gasteiger partial charge in [0.1, 0.15) is 11.5 Å². The summed E-state index contributed by atoms with van der Waals surface area (Å²) in [6.45, 7) is 11.1. The van der Waals surface area contributed by atoms with Crippen LogP contribution in [0.1, 0.15) is 46.1 Å². The molecule has 1 N–H and O–H groups in total. The van der Waals surface area contributed by atoms with Gasteiger partial charge in [-0.05, 0) is 32.4 Å². The van der Waals surface area contributed by atoms with Crippen LogP contribution in [0.25, 0.3) is 0 Å². The zero-order chi connectivity index (χ0) is 14.3. The van der Waals surface area contributed by atoms with Crippen molar-refractivity contribution in [1.29, 1.82) is 0 Å². The summed E-state index contributed by atoms with van der Waals surface area (Å²) in [5, 5.41) is 10.1. The monoisotopic (exact) mass is 265 g/mol. The molecule has 0 saturated heterocycles. The average Bonchev–Trinajstić information content (AvgIpc) is 2.43. The van der Waals surface area contributed by atoms with Crippen molar-refractivity contribution in [3.63, 3.8) is 0 Å². The van der Waals surface area contributed by atoms with Crippen molar-refractivity contribution >= 4 is 0 Å². The Morgan fingerprint density at radius 3 is 2.53 bits per heavy atom. The largest absolute Gasteiger partial charge is 0.507 e. The third-order valence-corrected chi connectivity index (χ3v) is 3.52. The molecule has 108 valence electrons. The van der Waals surface area contributed by atoms with Crippen LogP contribution in [0.4, 0.5) is 0 Å². The molecule has 0 amide bonds. The fourth-order valence-corrected chi connectivity index (χ4v) is 2.04. The van der Waals surface area contributed by atoms with Crippen LogP contribution in [-0.2, 0) is 6.54 Å². The number of phenols is 1. The fourth-order valence-electron chi connectivity index (χ4n) is 2.04. The molecule has 1 aromatic rings. The van der Waals surface area contributed by atoms with Gasteiger partial charge < -0.3 is 9.84 Å². The summed E-state index contributed by atoms with van der Waals surface area (Å²) in [5.74, 6) is 1.07. The van der Waals surface area contributed by atoms with E-state index in [4.69, 9.17) is 4.74 Å². The van der Waals surface area contributed by atoms with E-state index in [9.17, 15) is 5.11 Å². The van der Waals surface area contributed by atoms with Crippen molar-refractivity contribution in [2.24, 2.45) is 0 Å². The predicted molar refractivity (Wildman–Crippen MR) is 79.7 cm³/mol. The second-order valence-electron chi connectivity index (χ2n) is 4.96. The van der Waals surface area contributed by atoms with Gasteiger partial charge in [-0.25, -0.2) is 0 Å². The molecule has 0 aliphatic rings.